The second kappa shape index (κ2) is 35.7. The average Bonchev–Trinajstić information content (AvgIpc) is 3.10. The van der Waals surface area contributed by atoms with Crippen LogP contribution in [0.25, 0.3) is 0 Å². The highest BCUT2D eigenvalue weighted by molar-refractivity contribution is 7.45. The summed E-state index contributed by atoms with van der Waals surface area (Å²) in [5.41, 5.74) is 0. The van der Waals surface area contributed by atoms with Gasteiger partial charge in [-0.25, -0.2) is 0 Å². The first kappa shape index (κ1) is 51.0. The number of hydrogen-bond donors (Lipinski definition) is 0. The number of nitrogens with zero attached hydrogens (tertiary/aromatic N) is 1. The summed E-state index contributed by atoms with van der Waals surface area (Å²) in [5.74, 6) is -0.883. The normalized spacial score (nSPS) is 14.2. The van der Waals surface area contributed by atoms with Gasteiger partial charge in [0.25, 0.3) is 7.82 Å². The van der Waals surface area contributed by atoms with Crippen molar-refractivity contribution in [2.45, 2.75) is 168 Å². The first-order valence-electron chi connectivity index (χ1n) is 20.8. The number of ether oxygens (including phenoxy) is 2. The van der Waals surface area contributed by atoms with E-state index in [0.29, 0.717) is 23.9 Å². The minimum atomic E-state index is -4.63. The van der Waals surface area contributed by atoms with Gasteiger partial charge in [-0.05, 0) is 51.4 Å². The molecular formula is C43H78NO8P. The molecule has 53 heavy (non-hydrogen) atoms. The van der Waals surface area contributed by atoms with Gasteiger partial charge in [0.15, 0.2) is 6.10 Å². The number of carbonyl (C=O) groups excluding carboxylic acids is 2. The third kappa shape index (κ3) is 39.5. The molecule has 0 saturated heterocycles. The summed E-state index contributed by atoms with van der Waals surface area (Å²) in [5, 5.41) is 0. The van der Waals surface area contributed by atoms with Crippen molar-refractivity contribution in [2.24, 2.45) is 0 Å². The Hall–Kier alpha value is -2.03. The summed E-state index contributed by atoms with van der Waals surface area (Å²) in [6.45, 7) is 4.05. The third-order valence-corrected chi connectivity index (χ3v) is 9.58. The van der Waals surface area contributed by atoms with E-state index in [4.69, 9.17) is 18.5 Å². The first-order chi connectivity index (χ1) is 25.5. The van der Waals surface area contributed by atoms with Crippen molar-refractivity contribution < 1.29 is 42.1 Å². The van der Waals surface area contributed by atoms with Gasteiger partial charge in [-0.3, -0.25) is 14.2 Å². The summed E-state index contributed by atoms with van der Waals surface area (Å²) in [6, 6.07) is 0. The second-order valence-corrected chi connectivity index (χ2v) is 16.4. The number of rotatable bonds is 37. The van der Waals surface area contributed by atoms with Crippen molar-refractivity contribution >= 4 is 19.8 Å². The number of likely N-dealkylation sites (N-methyl/N-ethyl adjacent to an activating group) is 1. The average molecular weight is 768 g/mol. The van der Waals surface area contributed by atoms with Crippen LogP contribution < -0.4 is 4.89 Å². The van der Waals surface area contributed by atoms with Crippen LogP contribution in [0.4, 0.5) is 0 Å². The van der Waals surface area contributed by atoms with E-state index in [-0.39, 0.29) is 26.1 Å². The Morgan fingerprint density at radius 3 is 1.60 bits per heavy atom. The maximum absolute atomic E-state index is 12.6. The zero-order valence-corrected chi connectivity index (χ0v) is 35.3. The molecule has 10 heteroatoms. The van der Waals surface area contributed by atoms with Gasteiger partial charge in [0, 0.05) is 12.8 Å². The highest BCUT2D eigenvalue weighted by Gasteiger charge is 2.21. The number of quaternary nitrogens is 1. The molecule has 0 heterocycles. The minimum absolute atomic E-state index is 0.0379. The Morgan fingerprint density at radius 1 is 0.604 bits per heavy atom. The van der Waals surface area contributed by atoms with Gasteiger partial charge in [-0.2, -0.15) is 0 Å². The molecule has 308 valence electrons. The Kier molecular flexibility index (Phi) is 34.3. The molecule has 0 aromatic carbocycles. The molecule has 0 aliphatic heterocycles. The molecule has 0 bridgehead atoms. The van der Waals surface area contributed by atoms with Crippen LogP contribution in [0.5, 0.6) is 0 Å². The molecule has 0 fully saturated rings. The molecule has 0 aromatic rings. The van der Waals surface area contributed by atoms with Crippen LogP contribution in [0.15, 0.2) is 48.6 Å². The summed E-state index contributed by atoms with van der Waals surface area (Å²) in [4.78, 5) is 37.4. The lowest BCUT2D eigenvalue weighted by molar-refractivity contribution is -0.870. The van der Waals surface area contributed by atoms with Crippen LogP contribution in [0.1, 0.15) is 162 Å². The molecule has 0 aromatic heterocycles. The molecule has 2 atom stereocenters. The van der Waals surface area contributed by atoms with E-state index >= 15 is 0 Å². The number of allylic oxidation sites excluding steroid dienone is 8. The van der Waals surface area contributed by atoms with Gasteiger partial charge in [0.2, 0.25) is 0 Å². The Morgan fingerprint density at radius 2 is 1.08 bits per heavy atom. The minimum Gasteiger partial charge on any atom is -0.756 e. The van der Waals surface area contributed by atoms with Gasteiger partial charge >= 0.3 is 11.9 Å². The molecule has 0 N–H and O–H groups in total. The summed E-state index contributed by atoms with van der Waals surface area (Å²) < 4.78 is 33.8. The molecule has 0 aliphatic carbocycles. The molecule has 0 spiro atoms. The third-order valence-electron chi connectivity index (χ3n) is 8.61. The largest absolute Gasteiger partial charge is 0.756 e. The zero-order chi connectivity index (χ0) is 39.3. The number of esters is 2. The second-order valence-electron chi connectivity index (χ2n) is 15.0. The Bertz CT molecular complexity index is 1050. The molecule has 0 amide bonds. The fourth-order valence-electron chi connectivity index (χ4n) is 5.35. The molecule has 0 radical (unpaired) electrons. The van der Waals surface area contributed by atoms with Gasteiger partial charge in [0.05, 0.1) is 27.7 Å². The van der Waals surface area contributed by atoms with Crippen LogP contribution in [0.2, 0.25) is 0 Å². The maximum atomic E-state index is 12.6. The van der Waals surface area contributed by atoms with Crippen molar-refractivity contribution in [3.63, 3.8) is 0 Å². The standard InChI is InChI=1S/C43H78NO8P/c1-6-8-10-12-14-16-18-20-22-24-25-27-29-31-33-35-42(45)49-39-41(40-51-53(47,48)50-38-37-44(3,4)5)52-43(46)36-34-32-30-28-26-23-21-19-17-15-13-11-9-7-2/h8,10,14,16,20,22,25,27,41H,6-7,9,11-13,15,17-19,21,23-24,26,28-40H2,1-5H3/b10-8-,16-14-,22-20-,27-25-/t41-/m1/s1. The van der Waals surface area contributed by atoms with Crippen LogP contribution in [0.3, 0.4) is 0 Å². The van der Waals surface area contributed by atoms with Crippen LogP contribution in [-0.4, -0.2) is 70.0 Å². The summed E-state index contributed by atoms with van der Waals surface area (Å²) >= 11 is 0. The Balaban J connectivity index is 4.46. The van der Waals surface area contributed by atoms with E-state index in [1.807, 2.05) is 21.1 Å². The molecule has 0 rings (SSSR count). The van der Waals surface area contributed by atoms with E-state index < -0.39 is 32.5 Å². The maximum Gasteiger partial charge on any atom is 0.306 e. The summed E-state index contributed by atoms with van der Waals surface area (Å²) in [6.07, 6.45) is 40.0. The predicted octanol–water partition coefficient (Wildman–Crippen LogP) is 10.9. The highest BCUT2D eigenvalue weighted by atomic mass is 31.2. The molecule has 1 unspecified atom stereocenters. The first-order valence-corrected chi connectivity index (χ1v) is 22.3. The highest BCUT2D eigenvalue weighted by Crippen LogP contribution is 2.38. The number of phosphoric acid groups is 1. The van der Waals surface area contributed by atoms with E-state index in [1.54, 1.807) is 0 Å². The molecule has 9 nitrogen and oxygen atoms in total. The van der Waals surface area contributed by atoms with E-state index in [2.05, 4.69) is 62.5 Å². The van der Waals surface area contributed by atoms with Gasteiger partial charge in [-0.15, -0.1) is 0 Å². The van der Waals surface area contributed by atoms with Crippen LogP contribution in [0, 0.1) is 0 Å². The number of carbonyl (C=O) groups is 2. The summed E-state index contributed by atoms with van der Waals surface area (Å²) in [7, 11) is 1.14. The smallest absolute Gasteiger partial charge is 0.306 e. The van der Waals surface area contributed by atoms with E-state index in [1.165, 1.54) is 64.2 Å². The van der Waals surface area contributed by atoms with Gasteiger partial charge in [-0.1, -0.05) is 146 Å². The van der Waals surface area contributed by atoms with E-state index in [9.17, 15) is 19.0 Å². The van der Waals surface area contributed by atoms with Crippen molar-refractivity contribution in [2.75, 3.05) is 47.5 Å². The SMILES string of the molecule is CC/C=C\C/C=C\C/C=C\C/C=C\CCCCC(=O)OC[C@H](COP(=O)([O-])OCC[N+](C)(C)C)OC(=O)CCCCCCCCCCCCCCCC. The van der Waals surface area contributed by atoms with Crippen LogP contribution in [-0.2, 0) is 32.7 Å². The molecular weight excluding hydrogens is 689 g/mol. The number of hydrogen-bond acceptors (Lipinski definition) is 8. The Labute approximate surface area is 324 Å². The van der Waals surface area contributed by atoms with Gasteiger partial charge in [0.1, 0.15) is 19.8 Å². The van der Waals surface area contributed by atoms with E-state index in [0.717, 1.165) is 57.8 Å². The zero-order valence-electron chi connectivity index (χ0n) is 34.4. The van der Waals surface area contributed by atoms with Crippen molar-refractivity contribution in [1.82, 2.24) is 0 Å². The number of unbranched alkanes of at least 4 members (excludes halogenated alkanes) is 15. The van der Waals surface area contributed by atoms with Crippen molar-refractivity contribution in [3.8, 4) is 0 Å². The lowest BCUT2D eigenvalue weighted by Gasteiger charge is -2.28. The van der Waals surface area contributed by atoms with Crippen LogP contribution >= 0.6 is 7.82 Å². The fourth-order valence-corrected chi connectivity index (χ4v) is 6.08. The molecule has 0 aliphatic rings. The monoisotopic (exact) mass is 768 g/mol. The van der Waals surface area contributed by atoms with Crippen molar-refractivity contribution in [3.05, 3.63) is 48.6 Å². The fraction of sp³-hybridized carbons (Fsp3) is 0.767. The lowest BCUT2D eigenvalue weighted by atomic mass is 10.0. The van der Waals surface area contributed by atoms with Crippen molar-refractivity contribution in [1.29, 1.82) is 0 Å². The topological polar surface area (TPSA) is 111 Å². The quantitative estimate of drug-likeness (QED) is 0.0202. The molecule has 0 saturated carbocycles. The number of phosphoric ester groups is 1. The lowest BCUT2D eigenvalue weighted by Crippen LogP contribution is -2.37. The predicted molar refractivity (Wildman–Crippen MR) is 217 cm³/mol. The van der Waals surface area contributed by atoms with Gasteiger partial charge < -0.3 is 27.9 Å².